The van der Waals surface area contributed by atoms with E-state index in [0.717, 1.165) is 54.7 Å². The lowest BCUT2D eigenvalue weighted by Crippen LogP contribution is -2.54. The van der Waals surface area contributed by atoms with Crippen molar-refractivity contribution in [2.45, 2.75) is 64.6 Å². The summed E-state index contributed by atoms with van der Waals surface area (Å²) in [4.78, 5) is 58.5. The predicted octanol–water partition coefficient (Wildman–Crippen LogP) is 8.60. The number of benzene rings is 5. The SMILES string of the molecule is C/C(=N\C(=O)OCc1ccccc1)N(C(=O)OCc1ccccc1)C1CN(c2ccc(N3CCN(c4ccc(OC[C@H]5OC[C@](Cn6cncn6)(c6ccc(F)cc6F)O5)cc4)CC3)cc2)C(=O)N1C(C)C. The van der Waals surface area contributed by atoms with Gasteiger partial charge in [0.2, 0.25) is 0 Å². The molecule has 1 unspecified atom stereocenters. The molecule has 19 heteroatoms. The second-order valence-corrected chi connectivity index (χ2v) is 17.8. The number of hydrogen-bond donors (Lipinski definition) is 0. The minimum atomic E-state index is -1.27. The van der Waals surface area contributed by atoms with Crippen LogP contribution in [0.2, 0.25) is 0 Å². The van der Waals surface area contributed by atoms with E-state index in [0.29, 0.717) is 11.4 Å². The first-order valence-electron chi connectivity index (χ1n) is 23.7. The number of halogens is 2. The molecule has 4 amide bonds. The topological polar surface area (TPSA) is 157 Å². The van der Waals surface area contributed by atoms with Gasteiger partial charge in [0.05, 0.1) is 19.7 Å². The van der Waals surface area contributed by atoms with Crippen molar-refractivity contribution in [3.63, 3.8) is 0 Å². The second-order valence-electron chi connectivity index (χ2n) is 17.8. The fourth-order valence-electron chi connectivity index (χ4n) is 9.14. The molecule has 0 saturated carbocycles. The number of carbonyl (C=O) groups excluding carboxylic acids is 3. The van der Waals surface area contributed by atoms with Crippen LogP contribution >= 0.6 is 0 Å². The molecule has 72 heavy (non-hydrogen) atoms. The minimum absolute atomic E-state index is 0.00211. The molecule has 0 radical (unpaired) electrons. The van der Waals surface area contributed by atoms with E-state index in [1.54, 1.807) is 9.80 Å². The molecule has 9 rings (SSSR count). The Labute approximate surface area is 415 Å². The van der Waals surface area contributed by atoms with Crippen LogP contribution in [-0.2, 0) is 44.3 Å². The molecule has 5 aromatic carbocycles. The number of carbonyl (C=O) groups is 3. The van der Waals surface area contributed by atoms with Gasteiger partial charge in [-0.25, -0.2) is 37.7 Å². The predicted molar refractivity (Wildman–Crippen MR) is 263 cm³/mol. The normalized spacial score (nSPS) is 19.2. The van der Waals surface area contributed by atoms with E-state index in [4.69, 9.17) is 23.7 Å². The number of amides is 4. The molecule has 3 aliphatic rings. The molecule has 6 aromatic rings. The second kappa shape index (κ2) is 22.0. The highest BCUT2D eigenvalue weighted by Gasteiger charge is 2.47. The molecule has 3 saturated heterocycles. The number of nitrogens with zero attached hydrogens (tertiary/aromatic N) is 9. The van der Waals surface area contributed by atoms with Crippen LogP contribution in [0.3, 0.4) is 0 Å². The molecule has 3 atom stereocenters. The van der Waals surface area contributed by atoms with Crippen molar-refractivity contribution >= 4 is 41.1 Å². The standard InChI is InChI=1S/C53H55F2N9O8/c1-37(2)63-48(64(52(67)70-31-40-12-8-5-9-13-40)38(3)58-50(65)69-30-39-10-6-4-7-11-39)29-62(51(63)66)44-17-15-42(16-18-44)59-24-26-60(27-25-59)43-19-21-45(22-20-43)68-32-49-71-34-53(72-49,33-61-36-56-35-57-61)46-23-14-41(54)28-47(46)55/h4-23,28,35-37,48-49H,24-27,29-34H2,1-3H3/b58-38+/t48?,49-,53+/m0/s1. The zero-order chi connectivity index (χ0) is 50.2. The quantitative estimate of drug-likeness (QED) is 0.0715. The van der Waals surface area contributed by atoms with E-state index in [1.807, 2.05) is 123 Å². The lowest BCUT2D eigenvalue weighted by molar-refractivity contribution is -0.117. The van der Waals surface area contributed by atoms with Gasteiger partial charge in [-0.1, -0.05) is 66.7 Å². The number of rotatable bonds is 15. The molecule has 0 spiro atoms. The number of hydrogen-bond acceptors (Lipinski definition) is 12. The van der Waals surface area contributed by atoms with Crippen LogP contribution in [0.1, 0.15) is 37.5 Å². The maximum Gasteiger partial charge on any atom is 0.435 e. The Hall–Kier alpha value is -7.90. The molecule has 3 aliphatic heterocycles. The summed E-state index contributed by atoms with van der Waals surface area (Å²) in [6, 6.07) is 36.7. The lowest BCUT2D eigenvalue weighted by atomic mass is 9.94. The highest BCUT2D eigenvalue weighted by molar-refractivity contribution is 6.01. The van der Waals surface area contributed by atoms with Gasteiger partial charge in [-0.2, -0.15) is 10.1 Å². The van der Waals surface area contributed by atoms with Crippen molar-refractivity contribution in [3.05, 3.63) is 168 Å². The first-order chi connectivity index (χ1) is 34.9. The van der Waals surface area contributed by atoms with Gasteiger partial charge in [-0.15, -0.1) is 0 Å². The van der Waals surface area contributed by atoms with E-state index < -0.39 is 41.9 Å². The molecule has 0 N–H and O–H groups in total. The zero-order valence-electron chi connectivity index (χ0n) is 40.1. The van der Waals surface area contributed by atoms with Crippen LogP contribution in [0.25, 0.3) is 0 Å². The summed E-state index contributed by atoms with van der Waals surface area (Å²) in [5, 5.41) is 4.14. The fraction of sp³-hybridized carbons (Fsp3) is 0.321. The summed E-state index contributed by atoms with van der Waals surface area (Å²) in [5.41, 5.74) is 3.10. The van der Waals surface area contributed by atoms with Gasteiger partial charge in [-0.3, -0.25) is 9.80 Å². The molecular formula is C53H55F2N9O8. The van der Waals surface area contributed by atoms with Gasteiger partial charge in [0, 0.05) is 60.9 Å². The van der Waals surface area contributed by atoms with Gasteiger partial charge >= 0.3 is 18.2 Å². The molecule has 17 nitrogen and oxygen atoms in total. The number of urea groups is 1. The number of ether oxygens (including phenoxy) is 5. The highest BCUT2D eigenvalue weighted by Crippen LogP contribution is 2.38. The minimum Gasteiger partial charge on any atom is -0.488 e. The Bertz CT molecular complexity index is 2820. The van der Waals surface area contributed by atoms with Crippen molar-refractivity contribution < 1.29 is 46.8 Å². The maximum atomic E-state index is 15.1. The third kappa shape index (κ3) is 11.3. The summed E-state index contributed by atoms with van der Waals surface area (Å²) in [6.07, 6.45) is -0.482. The van der Waals surface area contributed by atoms with Gasteiger partial charge in [0.15, 0.2) is 6.29 Å². The Morgan fingerprint density at radius 2 is 1.43 bits per heavy atom. The summed E-state index contributed by atoms with van der Waals surface area (Å²) >= 11 is 0. The molecule has 1 aromatic heterocycles. The summed E-state index contributed by atoms with van der Waals surface area (Å²) in [7, 11) is 0. The monoisotopic (exact) mass is 983 g/mol. The van der Waals surface area contributed by atoms with Crippen molar-refractivity contribution in [1.82, 2.24) is 24.6 Å². The van der Waals surface area contributed by atoms with Gasteiger partial charge in [-0.05, 0) is 86.5 Å². The average Bonchev–Trinajstić information content (AvgIpc) is 4.15. The largest absolute Gasteiger partial charge is 0.488 e. The van der Waals surface area contributed by atoms with Gasteiger partial charge < -0.3 is 33.5 Å². The zero-order valence-corrected chi connectivity index (χ0v) is 40.1. The van der Waals surface area contributed by atoms with E-state index in [9.17, 15) is 18.8 Å². The third-order valence-corrected chi connectivity index (χ3v) is 12.7. The molecule has 0 aliphatic carbocycles. The van der Waals surface area contributed by atoms with Gasteiger partial charge in [0.25, 0.3) is 0 Å². The van der Waals surface area contributed by atoms with Crippen LogP contribution in [0.4, 0.5) is 40.2 Å². The van der Waals surface area contributed by atoms with Gasteiger partial charge in [0.1, 0.15) is 67.5 Å². The highest BCUT2D eigenvalue weighted by atomic mass is 19.1. The first kappa shape index (κ1) is 49.1. The van der Waals surface area contributed by atoms with E-state index in [1.165, 1.54) is 41.3 Å². The number of anilines is 3. The van der Waals surface area contributed by atoms with Crippen LogP contribution in [0.15, 0.2) is 145 Å². The van der Waals surface area contributed by atoms with Crippen molar-refractivity contribution in [3.8, 4) is 5.75 Å². The number of amidine groups is 1. The first-order valence-corrected chi connectivity index (χ1v) is 23.7. The van der Waals surface area contributed by atoms with E-state index in [-0.39, 0.29) is 63.0 Å². The van der Waals surface area contributed by atoms with E-state index in [2.05, 4.69) is 24.9 Å². The molecule has 3 fully saturated rings. The summed E-state index contributed by atoms with van der Waals surface area (Å²) in [5.74, 6) is -0.818. The van der Waals surface area contributed by atoms with Crippen molar-refractivity contribution in [1.29, 1.82) is 0 Å². The van der Waals surface area contributed by atoms with Crippen LogP contribution in [-0.4, -0.2) is 113 Å². The van der Waals surface area contributed by atoms with E-state index >= 15 is 4.39 Å². The Kier molecular flexibility index (Phi) is 15.0. The summed E-state index contributed by atoms with van der Waals surface area (Å²) in [6.45, 7) is 8.45. The number of aliphatic imine (C=N–C) groups is 1. The van der Waals surface area contributed by atoms with Crippen LogP contribution in [0.5, 0.6) is 5.75 Å². The van der Waals surface area contributed by atoms with Crippen molar-refractivity contribution in [2.75, 3.05) is 60.6 Å². The lowest BCUT2D eigenvalue weighted by Gasteiger charge is -2.37. The molecule has 374 valence electrons. The fourth-order valence-corrected chi connectivity index (χ4v) is 9.14. The molecule has 0 bridgehead atoms. The Morgan fingerprint density at radius 1 is 0.819 bits per heavy atom. The summed E-state index contributed by atoms with van der Waals surface area (Å²) < 4.78 is 59.9. The smallest absolute Gasteiger partial charge is 0.435 e. The number of aromatic nitrogens is 3. The molecular weight excluding hydrogens is 929 g/mol. The average molecular weight is 984 g/mol. The number of piperazine rings is 1. The van der Waals surface area contributed by atoms with Crippen molar-refractivity contribution in [2.24, 2.45) is 4.99 Å². The Morgan fingerprint density at radius 3 is 2.03 bits per heavy atom. The third-order valence-electron chi connectivity index (χ3n) is 12.7. The maximum absolute atomic E-state index is 15.1. The van der Waals surface area contributed by atoms with Crippen LogP contribution < -0.4 is 19.4 Å². The van der Waals surface area contributed by atoms with Crippen LogP contribution in [0, 0.1) is 11.6 Å². The molecule has 4 heterocycles. The Balaban J connectivity index is 0.808.